The van der Waals surface area contributed by atoms with E-state index in [0.29, 0.717) is 5.92 Å². The number of nitrogens with zero attached hydrogens (tertiary/aromatic N) is 2. The minimum atomic E-state index is 0.404. The third-order valence-corrected chi connectivity index (χ3v) is 13.1. The second kappa shape index (κ2) is 19.4. The summed E-state index contributed by atoms with van der Waals surface area (Å²) in [6.07, 6.45) is 9.87. The number of hydrogen-bond acceptors (Lipinski definition) is 2. The van der Waals surface area contributed by atoms with Crippen molar-refractivity contribution in [2.75, 3.05) is 9.80 Å². The molecule has 0 aliphatic heterocycles. The van der Waals surface area contributed by atoms with Gasteiger partial charge in [0.2, 0.25) is 0 Å². The van der Waals surface area contributed by atoms with Crippen LogP contribution in [0.3, 0.4) is 0 Å². The summed E-state index contributed by atoms with van der Waals surface area (Å²) in [5.74, 6) is 0.404. The fourth-order valence-electron chi connectivity index (χ4n) is 9.43. The Hall–Kier alpha value is -8.72. The Bertz CT molecular complexity index is 3200. The number of para-hydroxylation sites is 1. The monoisotopic (exact) mass is 870 g/mol. The molecule has 2 nitrogen and oxygen atoms in total. The fraction of sp³-hybridized carbons (Fsp3) is 0.0303. The molecule has 68 heavy (non-hydrogen) atoms. The van der Waals surface area contributed by atoms with Gasteiger partial charge in [0, 0.05) is 39.9 Å². The van der Waals surface area contributed by atoms with Gasteiger partial charge in [-0.15, -0.1) is 0 Å². The zero-order valence-electron chi connectivity index (χ0n) is 37.8. The standard InChI is InChI=1S/C66H50N2/c1-5-15-49(16-6-1)54-29-39-60(40-30-54)67(61-41-31-55(32-42-61)50-17-7-2-8-18-50)62-43-33-58(34-44-62)53-25-27-59(28-26-53)65-23-13-14-24-66(65)68(63-45-35-56(36-46-63)51-19-9-3-10-20-51)64-47-37-57(38-48-64)52-21-11-4-12-22-52/h1-17,19-48,50H,18H2. The molecule has 11 rings (SSSR count). The SMILES string of the molecule is C1=CCC(c2ccc(N(c3ccc(-c4ccccc4)cc3)c3ccc(-c4ccc(-c5ccccc5N(c5ccc(-c6ccccc6)cc5)c5ccc(-c6ccccc6)cc5)cc4)cc3)cc2)C=C1. The smallest absolute Gasteiger partial charge is 0.0540 e. The summed E-state index contributed by atoms with van der Waals surface area (Å²) in [7, 11) is 0. The molecule has 0 radical (unpaired) electrons. The van der Waals surface area contributed by atoms with Gasteiger partial charge in [-0.05, 0) is 129 Å². The van der Waals surface area contributed by atoms with Gasteiger partial charge in [-0.2, -0.15) is 0 Å². The molecule has 10 aromatic rings. The lowest BCUT2D eigenvalue weighted by molar-refractivity contribution is 0.854. The van der Waals surface area contributed by atoms with Gasteiger partial charge in [-0.25, -0.2) is 0 Å². The molecule has 0 heterocycles. The molecule has 0 amide bonds. The maximum Gasteiger partial charge on any atom is 0.0540 e. The van der Waals surface area contributed by atoms with E-state index in [2.05, 4.69) is 295 Å². The van der Waals surface area contributed by atoms with Crippen molar-refractivity contribution in [2.45, 2.75) is 12.3 Å². The molecule has 324 valence electrons. The van der Waals surface area contributed by atoms with Crippen LogP contribution in [0.2, 0.25) is 0 Å². The van der Waals surface area contributed by atoms with Crippen molar-refractivity contribution in [3.05, 3.63) is 291 Å². The van der Waals surface area contributed by atoms with Crippen LogP contribution in [0.25, 0.3) is 55.6 Å². The van der Waals surface area contributed by atoms with Crippen LogP contribution in [0.15, 0.2) is 285 Å². The molecule has 0 bridgehead atoms. The second-order valence-corrected chi connectivity index (χ2v) is 17.3. The molecule has 2 heteroatoms. The van der Waals surface area contributed by atoms with E-state index in [1.165, 1.54) is 50.1 Å². The molecular weight excluding hydrogens is 821 g/mol. The molecular formula is C66H50N2. The second-order valence-electron chi connectivity index (χ2n) is 17.3. The topological polar surface area (TPSA) is 6.48 Å². The average molecular weight is 871 g/mol. The van der Waals surface area contributed by atoms with Crippen LogP contribution < -0.4 is 9.80 Å². The molecule has 0 spiro atoms. The van der Waals surface area contributed by atoms with Gasteiger partial charge in [0.1, 0.15) is 0 Å². The first-order valence-corrected chi connectivity index (χ1v) is 23.5. The summed E-state index contributed by atoms with van der Waals surface area (Å²) in [6.45, 7) is 0. The highest BCUT2D eigenvalue weighted by molar-refractivity contribution is 5.90. The highest BCUT2D eigenvalue weighted by Crippen LogP contribution is 2.43. The first-order chi connectivity index (χ1) is 33.7. The maximum atomic E-state index is 2.38. The van der Waals surface area contributed by atoms with Gasteiger partial charge in [-0.3, -0.25) is 0 Å². The van der Waals surface area contributed by atoms with Crippen LogP contribution in [-0.2, 0) is 0 Å². The lowest BCUT2D eigenvalue weighted by Gasteiger charge is -2.28. The van der Waals surface area contributed by atoms with Crippen LogP contribution in [0.4, 0.5) is 34.1 Å². The van der Waals surface area contributed by atoms with Crippen LogP contribution in [0.1, 0.15) is 17.9 Å². The van der Waals surface area contributed by atoms with E-state index in [1.807, 2.05) is 0 Å². The normalized spacial score (nSPS) is 13.0. The zero-order valence-corrected chi connectivity index (χ0v) is 37.8. The highest BCUT2D eigenvalue weighted by Gasteiger charge is 2.19. The van der Waals surface area contributed by atoms with Crippen LogP contribution >= 0.6 is 0 Å². The summed E-state index contributed by atoms with van der Waals surface area (Å²) in [5.41, 5.74) is 19.8. The van der Waals surface area contributed by atoms with Crippen LogP contribution in [0, 0.1) is 0 Å². The lowest BCUT2D eigenvalue weighted by Crippen LogP contribution is -2.11. The third-order valence-electron chi connectivity index (χ3n) is 13.1. The Balaban J connectivity index is 0.903. The van der Waals surface area contributed by atoms with E-state index >= 15 is 0 Å². The van der Waals surface area contributed by atoms with E-state index in [-0.39, 0.29) is 0 Å². The molecule has 1 aliphatic carbocycles. The number of hydrogen-bond donors (Lipinski definition) is 0. The number of anilines is 6. The van der Waals surface area contributed by atoms with Gasteiger partial charge in [-0.1, -0.05) is 218 Å². The van der Waals surface area contributed by atoms with Crippen molar-refractivity contribution in [1.82, 2.24) is 0 Å². The first-order valence-electron chi connectivity index (χ1n) is 23.5. The van der Waals surface area contributed by atoms with Crippen molar-refractivity contribution in [3.8, 4) is 55.6 Å². The van der Waals surface area contributed by atoms with E-state index in [9.17, 15) is 0 Å². The van der Waals surface area contributed by atoms with Crippen LogP contribution in [-0.4, -0.2) is 0 Å². The minimum absolute atomic E-state index is 0.404. The van der Waals surface area contributed by atoms with Gasteiger partial charge in [0.15, 0.2) is 0 Å². The van der Waals surface area contributed by atoms with Crippen molar-refractivity contribution in [3.63, 3.8) is 0 Å². The van der Waals surface area contributed by atoms with Gasteiger partial charge in [0.05, 0.1) is 5.69 Å². The van der Waals surface area contributed by atoms with E-state index in [1.54, 1.807) is 0 Å². The molecule has 1 atom stereocenters. The third kappa shape index (κ3) is 8.96. The molecule has 0 N–H and O–H groups in total. The number of benzene rings is 10. The van der Waals surface area contributed by atoms with Crippen molar-refractivity contribution in [1.29, 1.82) is 0 Å². The molecule has 0 fully saturated rings. The molecule has 0 aromatic heterocycles. The van der Waals surface area contributed by atoms with Crippen LogP contribution in [0.5, 0.6) is 0 Å². The first kappa shape index (κ1) is 41.9. The Morgan fingerprint density at radius 2 is 0.588 bits per heavy atom. The zero-order chi connectivity index (χ0) is 45.5. The van der Waals surface area contributed by atoms with E-state index < -0.39 is 0 Å². The predicted molar refractivity (Wildman–Crippen MR) is 289 cm³/mol. The van der Waals surface area contributed by atoms with Gasteiger partial charge >= 0.3 is 0 Å². The largest absolute Gasteiger partial charge is 0.311 e. The summed E-state index contributed by atoms with van der Waals surface area (Å²) < 4.78 is 0. The molecule has 0 saturated carbocycles. The maximum absolute atomic E-state index is 2.38. The average Bonchev–Trinajstić information content (AvgIpc) is 3.43. The van der Waals surface area contributed by atoms with Crippen molar-refractivity contribution >= 4 is 34.1 Å². The summed E-state index contributed by atoms with van der Waals surface area (Å²) in [5, 5.41) is 0. The lowest BCUT2D eigenvalue weighted by atomic mass is 9.92. The van der Waals surface area contributed by atoms with Gasteiger partial charge < -0.3 is 9.80 Å². The molecule has 0 saturated heterocycles. The summed E-state index contributed by atoms with van der Waals surface area (Å²) in [6, 6.07) is 94.3. The Kier molecular flexibility index (Phi) is 12.0. The van der Waals surface area contributed by atoms with E-state index in [4.69, 9.17) is 0 Å². The molecule has 1 aliphatic rings. The number of allylic oxidation sites excluding steroid dienone is 4. The Morgan fingerprint density at radius 1 is 0.265 bits per heavy atom. The Morgan fingerprint density at radius 3 is 0.985 bits per heavy atom. The fourth-order valence-corrected chi connectivity index (χ4v) is 9.43. The minimum Gasteiger partial charge on any atom is -0.311 e. The van der Waals surface area contributed by atoms with E-state index in [0.717, 1.165) is 51.7 Å². The molecule has 10 aromatic carbocycles. The van der Waals surface area contributed by atoms with Crippen molar-refractivity contribution in [2.24, 2.45) is 0 Å². The molecule has 1 unspecified atom stereocenters. The summed E-state index contributed by atoms with van der Waals surface area (Å²) in [4.78, 5) is 4.74. The highest BCUT2D eigenvalue weighted by atomic mass is 15.1. The number of rotatable bonds is 12. The van der Waals surface area contributed by atoms with Gasteiger partial charge in [0.25, 0.3) is 0 Å². The predicted octanol–water partition coefficient (Wildman–Crippen LogP) is 18.6. The quantitative estimate of drug-likeness (QED) is 0.121. The summed E-state index contributed by atoms with van der Waals surface area (Å²) >= 11 is 0. The van der Waals surface area contributed by atoms with Crippen molar-refractivity contribution < 1.29 is 0 Å². The Labute approximate surface area is 400 Å².